The van der Waals surface area contributed by atoms with Crippen LogP contribution in [0.1, 0.15) is 6.42 Å². The maximum atomic E-state index is 11.0. The van der Waals surface area contributed by atoms with Gasteiger partial charge in [-0.05, 0) is 6.07 Å². The summed E-state index contributed by atoms with van der Waals surface area (Å²) in [4.78, 5) is 16.8. The number of pyridine rings is 1. The lowest BCUT2D eigenvalue weighted by atomic mass is 10.3. The Morgan fingerprint density at radius 2 is 2.25 bits per heavy atom. The normalized spacial score (nSPS) is 10.0. The first-order chi connectivity index (χ1) is 7.54. The van der Waals surface area contributed by atoms with Crippen molar-refractivity contribution >= 4 is 35.0 Å². The van der Waals surface area contributed by atoms with Crippen molar-refractivity contribution < 1.29 is 9.53 Å². The van der Waals surface area contributed by atoms with Crippen LogP contribution in [0, 0.1) is 0 Å². The first-order valence-corrected chi connectivity index (χ1v) is 5.39. The average Bonchev–Trinajstić information content (AvgIpc) is 2.25. The highest BCUT2D eigenvalue weighted by molar-refractivity contribution is 6.35. The molecule has 0 fully saturated rings. The summed E-state index contributed by atoms with van der Waals surface area (Å²) < 4.78 is 4.55. The van der Waals surface area contributed by atoms with Crippen LogP contribution in [0.25, 0.3) is 0 Å². The number of nitrogens with zero attached hydrogens (tertiary/aromatic N) is 2. The van der Waals surface area contributed by atoms with Crippen LogP contribution in [-0.2, 0) is 9.53 Å². The van der Waals surface area contributed by atoms with E-state index in [0.29, 0.717) is 22.4 Å². The zero-order valence-electron chi connectivity index (χ0n) is 9.04. The van der Waals surface area contributed by atoms with Crippen LogP contribution >= 0.6 is 23.2 Å². The predicted octanol–water partition coefficient (Wildman–Crippen LogP) is 2.39. The monoisotopic (exact) mass is 262 g/mol. The van der Waals surface area contributed by atoms with E-state index < -0.39 is 0 Å². The van der Waals surface area contributed by atoms with E-state index in [-0.39, 0.29) is 12.4 Å². The van der Waals surface area contributed by atoms with Crippen molar-refractivity contribution in [1.82, 2.24) is 4.98 Å². The van der Waals surface area contributed by atoms with E-state index in [0.717, 1.165) is 0 Å². The summed E-state index contributed by atoms with van der Waals surface area (Å²) in [5, 5.41) is 0.940. The van der Waals surface area contributed by atoms with Crippen LogP contribution in [0.5, 0.6) is 0 Å². The molecule has 0 bridgehead atoms. The molecule has 0 atom stereocenters. The van der Waals surface area contributed by atoms with Gasteiger partial charge in [-0.2, -0.15) is 0 Å². The molecule has 0 radical (unpaired) electrons. The zero-order chi connectivity index (χ0) is 12.1. The fraction of sp³-hybridized carbons (Fsp3) is 0.400. The fourth-order valence-electron chi connectivity index (χ4n) is 1.16. The number of carbonyl (C=O) groups excluding carboxylic acids is 1. The molecule has 0 aliphatic carbocycles. The van der Waals surface area contributed by atoms with Gasteiger partial charge in [0.2, 0.25) is 0 Å². The van der Waals surface area contributed by atoms with Crippen molar-refractivity contribution in [1.29, 1.82) is 0 Å². The lowest BCUT2D eigenvalue weighted by Gasteiger charge is -2.18. The molecular formula is C10H12Cl2N2O2. The van der Waals surface area contributed by atoms with Gasteiger partial charge in [0.05, 0.1) is 23.6 Å². The molecule has 0 aliphatic heterocycles. The number of rotatable bonds is 4. The summed E-state index contributed by atoms with van der Waals surface area (Å²) >= 11 is 11.7. The van der Waals surface area contributed by atoms with Gasteiger partial charge < -0.3 is 9.64 Å². The number of anilines is 1. The molecule has 6 heteroatoms. The Bertz CT molecular complexity index is 385. The summed E-state index contributed by atoms with van der Waals surface area (Å²) in [5.74, 6) is 0.326. The Morgan fingerprint density at radius 1 is 1.56 bits per heavy atom. The Kier molecular flexibility index (Phi) is 4.83. The van der Waals surface area contributed by atoms with E-state index in [2.05, 4.69) is 9.72 Å². The van der Waals surface area contributed by atoms with Crippen LogP contribution in [0.3, 0.4) is 0 Å². The maximum absolute atomic E-state index is 11.0. The van der Waals surface area contributed by atoms with E-state index in [1.165, 1.54) is 13.3 Å². The predicted molar refractivity (Wildman–Crippen MR) is 64.2 cm³/mol. The van der Waals surface area contributed by atoms with Gasteiger partial charge in [0.1, 0.15) is 5.82 Å². The Morgan fingerprint density at radius 3 is 2.81 bits per heavy atom. The van der Waals surface area contributed by atoms with Gasteiger partial charge >= 0.3 is 5.97 Å². The van der Waals surface area contributed by atoms with Gasteiger partial charge in [-0.15, -0.1) is 0 Å². The second-order valence-corrected chi connectivity index (χ2v) is 4.05. The van der Waals surface area contributed by atoms with Gasteiger partial charge in [0.15, 0.2) is 0 Å². The Labute approximate surface area is 104 Å². The topological polar surface area (TPSA) is 42.4 Å². The number of halogens is 2. The smallest absolute Gasteiger partial charge is 0.307 e. The second kappa shape index (κ2) is 5.92. The minimum absolute atomic E-state index is 0.267. The SMILES string of the molecule is COC(=O)CCN(C)c1ncc(Cl)cc1Cl. The van der Waals surface area contributed by atoms with Crippen LogP contribution in [-0.4, -0.2) is 31.7 Å². The number of ether oxygens (including phenoxy) is 1. The van der Waals surface area contributed by atoms with Gasteiger partial charge in [-0.3, -0.25) is 4.79 Å². The van der Waals surface area contributed by atoms with E-state index in [1.807, 2.05) is 0 Å². The molecular weight excluding hydrogens is 251 g/mol. The Hall–Kier alpha value is -1.000. The minimum Gasteiger partial charge on any atom is -0.469 e. The molecule has 1 rings (SSSR count). The average molecular weight is 263 g/mol. The molecule has 16 heavy (non-hydrogen) atoms. The van der Waals surface area contributed by atoms with Gasteiger partial charge in [-0.1, -0.05) is 23.2 Å². The lowest BCUT2D eigenvalue weighted by molar-refractivity contribution is -0.140. The van der Waals surface area contributed by atoms with Crippen LogP contribution < -0.4 is 4.90 Å². The molecule has 0 saturated heterocycles. The third kappa shape index (κ3) is 3.54. The largest absolute Gasteiger partial charge is 0.469 e. The molecule has 0 amide bonds. The molecule has 0 N–H and O–H groups in total. The molecule has 88 valence electrons. The van der Waals surface area contributed by atoms with Gasteiger partial charge in [0.25, 0.3) is 0 Å². The van der Waals surface area contributed by atoms with E-state index in [9.17, 15) is 4.79 Å². The molecule has 1 heterocycles. The lowest BCUT2D eigenvalue weighted by Crippen LogP contribution is -2.22. The fourth-order valence-corrected chi connectivity index (χ4v) is 1.68. The highest BCUT2D eigenvalue weighted by Gasteiger charge is 2.10. The van der Waals surface area contributed by atoms with Crippen molar-refractivity contribution in [2.24, 2.45) is 0 Å². The van der Waals surface area contributed by atoms with Crippen molar-refractivity contribution in [3.63, 3.8) is 0 Å². The molecule has 0 saturated carbocycles. The Balaban J connectivity index is 2.65. The molecule has 4 nitrogen and oxygen atoms in total. The first kappa shape index (κ1) is 13.1. The van der Waals surface area contributed by atoms with Crippen LogP contribution in [0.4, 0.5) is 5.82 Å². The quantitative estimate of drug-likeness (QED) is 0.782. The standard InChI is InChI=1S/C10H12Cl2N2O2/c1-14(4-3-9(15)16-2)10-8(12)5-7(11)6-13-10/h5-6H,3-4H2,1-2H3. The van der Waals surface area contributed by atoms with Crippen molar-refractivity contribution in [2.45, 2.75) is 6.42 Å². The maximum Gasteiger partial charge on any atom is 0.307 e. The first-order valence-electron chi connectivity index (χ1n) is 4.63. The van der Waals surface area contributed by atoms with Crippen LogP contribution in [0.2, 0.25) is 10.0 Å². The van der Waals surface area contributed by atoms with Crippen molar-refractivity contribution in [3.05, 3.63) is 22.3 Å². The van der Waals surface area contributed by atoms with Gasteiger partial charge in [-0.25, -0.2) is 4.98 Å². The molecule has 0 spiro atoms. The summed E-state index contributed by atoms with van der Waals surface area (Å²) in [6, 6.07) is 1.61. The van der Waals surface area contributed by atoms with Crippen molar-refractivity contribution in [3.8, 4) is 0 Å². The second-order valence-electron chi connectivity index (χ2n) is 3.21. The highest BCUT2D eigenvalue weighted by atomic mass is 35.5. The van der Waals surface area contributed by atoms with Crippen LogP contribution in [0.15, 0.2) is 12.3 Å². The summed E-state index contributed by atoms with van der Waals surface area (Å²) in [6.45, 7) is 0.487. The minimum atomic E-state index is -0.267. The summed E-state index contributed by atoms with van der Waals surface area (Å²) in [5.41, 5.74) is 0. The van der Waals surface area contributed by atoms with E-state index in [1.54, 1.807) is 18.0 Å². The molecule has 0 unspecified atom stereocenters. The number of hydrogen-bond acceptors (Lipinski definition) is 4. The van der Waals surface area contributed by atoms with Gasteiger partial charge in [0, 0.05) is 19.8 Å². The molecule has 0 aliphatic rings. The molecule has 1 aromatic rings. The van der Waals surface area contributed by atoms with Crippen molar-refractivity contribution in [2.75, 3.05) is 25.6 Å². The number of aromatic nitrogens is 1. The number of esters is 1. The molecule has 1 aromatic heterocycles. The third-order valence-electron chi connectivity index (χ3n) is 2.03. The van der Waals surface area contributed by atoms with E-state index in [4.69, 9.17) is 23.2 Å². The summed E-state index contributed by atoms with van der Waals surface area (Å²) in [7, 11) is 3.15. The summed E-state index contributed by atoms with van der Waals surface area (Å²) in [6.07, 6.45) is 1.80. The van der Waals surface area contributed by atoms with E-state index >= 15 is 0 Å². The number of carbonyl (C=O) groups is 1. The third-order valence-corrected chi connectivity index (χ3v) is 2.51. The number of methoxy groups -OCH3 is 1. The zero-order valence-corrected chi connectivity index (χ0v) is 10.5. The number of hydrogen-bond donors (Lipinski definition) is 0. The highest BCUT2D eigenvalue weighted by Crippen LogP contribution is 2.25. The molecule has 0 aromatic carbocycles.